The van der Waals surface area contributed by atoms with Gasteiger partial charge in [-0.3, -0.25) is 0 Å². The lowest BCUT2D eigenvalue weighted by Crippen LogP contribution is -2.48. The van der Waals surface area contributed by atoms with Crippen molar-refractivity contribution >= 4 is 8.32 Å². The van der Waals surface area contributed by atoms with Crippen LogP contribution in [0.25, 0.3) is 0 Å². The minimum Gasteiger partial charge on any atom is -0.548 e. The number of rotatable bonds is 3. The van der Waals surface area contributed by atoms with Crippen LogP contribution < -0.4 is 0 Å². The summed E-state index contributed by atoms with van der Waals surface area (Å²) in [5, 5.41) is 9.93. The molecule has 0 aromatic heterocycles. The van der Waals surface area contributed by atoms with Gasteiger partial charge in [0.2, 0.25) is 8.32 Å². The quantitative estimate of drug-likeness (QED) is 0.526. The van der Waals surface area contributed by atoms with Gasteiger partial charge in [-0.05, 0) is 62.2 Å². The molecule has 0 spiro atoms. The van der Waals surface area contributed by atoms with Crippen molar-refractivity contribution in [1.29, 1.82) is 5.26 Å². The second-order valence-electron chi connectivity index (χ2n) is 8.08. The van der Waals surface area contributed by atoms with Gasteiger partial charge in [-0.2, -0.15) is 5.26 Å². The molecule has 0 amide bonds. The molecule has 0 N–H and O–H groups in total. The minimum atomic E-state index is -1.60. The third kappa shape index (κ3) is 2.83. The van der Waals surface area contributed by atoms with E-state index < -0.39 is 8.32 Å². The Morgan fingerprint density at radius 3 is 2.62 bits per heavy atom. The highest BCUT2D eigenvalue weighted by atomic mass is 28.4. The van der Waals surface area contributed by atoms with Gasteiger partial charge in [0.25, 0.3) is 0 Å². The number of hydrogen-bond donors (Lipinski definition) is 0. The summed E-state index contributed by atoms with van der Waals surface area (Å²) in [5.74, 6) is 2.02. The molecule has 0 aromatic rings. The molecule has 4 atom stereocenters. The molecule has 0 saturated heterocycles. The zero-order valence-corrected chi connectivity index (χ0v) is 15.2. The van der Waals surface area contributed by atoms with Gasteiger partial charge in [-0.25, -0.2) is 0 Å². The van der Waals surface area contributed by atoms with E-state index >= 15 is 0 Å². The fraction of sp³-hybridized carbons (Fsp3) is 0.722. The summed E-state index contributed by atoms with van der Waals surface area (Å²) in [4.78, 5) is 0. The molecule has 2 nitrogen and oxygen atoms in total. The van der Waals surface area contributed by atoms with E-state index in [9.17, 15) is 5.26 Å². The van der Waals surface area contributed by atoms with E-state index in [-0.39, 0.29) is 10.8 Å². The number of fused-ring (bicyclic) bond motifs is 1. The van der Waals surface area contributed by atoms with Crippen molar-refractivity contribution in [2.45, 2.75) is 59.2 Å². The predicted octanol–water partition coefficient (Wildman–Crippen LogP) is 5.26. The zero-order chi connectivity index (χ0) is 15.9. The normalized spacial score (nSPS) is 39.7. The van der Waals surface area contributed by atoms with Crippen LogP contribution in [-0.4, -0.2) is 8.32 Å². The third-order valence-corrected chi connectivity index (χ3v) is 6.48. The molecule has 116 valence electrons. The van der Waals surface area contributed by atoms with Gasteiger partial charge in [-0.15, -0.1) is 6.58 Å². The lowest BCUT2D eigenvalue weighted by molar-refractivity contribution is 0.0152. The smallest absolute Gasteiger partial charge is 0.241 e. The van der Waals surface area contributed by atoms with Crippen molar-refractivity contribution in [3.63, 3.8) is 0 Å². The highest BCUT2D eigenvalue weighted by Crippen LogP contribution is 2.59. The van der Waals surface area contributed by atoms with Crippen molar-refractivity contribution in [3.05, 3.63) is 24.5 Å². The topological polar surface area (TPSA) is 33.0 Å². The maximum absolute atomic E-state index is 9.93. The van der Waals surface area contributed by atoms with Gasteiger partial charge >= 0.3 is 0 Å². The number of allylic oxidation sites excluding steroid dienone is 3. The van der Waals surface area contributed by atoms with Crippen LogP contribution >= 0.6 is 0 Å². The molecular formula is C18H29NOSi. The average Bonchev–Trinajstić information content (AvgIpc) is 2.41. The molecule has 0 bridgehead atoms. The number of nitriles is 1. The van der Waals surface area contributed by atoms with Gasteiger partial charge in [-0.1, -0.05) is 19.9 Å². The molecule has 1 fully saturated rings. The molecule has 2 aliphatic rings. The van der Waals surface area contributed by atoms with Gasteiger partial charge in [0, 0.05) is 6.42 Å². The standard InChI is InChI=1S/C18H29NOSi/c1-7-17(3)14(2)10-11-18(13-19)12-15(8-9-16(17)18)20-21(4,5)6/h7,12,14,16H,1,8-11H2,2-6H3/t14-,16-,17+,18+/m1/s1. The molecule has 2 rings (SSSR count). The van der Waals surface area contributed by atoms with E-state index in [1.54, 1.807) is 0 Å². The highest BCUT2D eigenvalue weighted by Gasteiger charge is 2.54. The maximum atomic E-state index is 9.93. The summed E-state index contributed by atoms with van der Waals surface area (Å²) in [7, 11) is -1.60. The summed E-state index contributed by atoms with van der Waals surface area (Å²) in [5.41, 5.74) is -0.308. The predicted molar refractivity (Wildman–Crippen MR) is 90.0 cm³/mol. The molecule has 21 heavy (non-hydrogen) atoms. The van der Waals surface area contributed by atoms with Crippen molar-refractivity contribution in [2.24, 2.45) is 22.7 Å². The van der Waals surface area contributed by atoms with Crippen molar-refractivity contribution < 1.29 is 4.43 Å². The maximum Gasteiger partial charge on any atom is 0.241 e. The number of nitrogens with zero attached hydrogens (tertiary/aromatic N) is 1. The van der Waals surface area contributed by atoms with Crippen molar-refractivity contribution in [2.75, 3.05) is 0 Å². The molecule has 0 heterocycles. The first-order chi connectivity index (χ1) is 9.67. The van der Waals surface area contributed by atoms with E-state index in [0.717, 1.165) is 31.4 Å². The Labute approximate surface area is 131 Å². The first kappa shape index (κ1) is 16.4. The van der Waals surface area contributed by atoms with E-state index in [1.807, 2.05) is 0 Å². The Hall–Kier alpha value is -1.01. The van der Waals surface area contributed by atoms with Gasteiger partial charge < -0.3 is 4.43 Å². The molecule has 0 aliphatic heterocycles. The summed E-state index contributed by atoms with van der Waals surface area (Å²) in [6.45, 7) is 15.3. The summed E-state index contributed by atoms with van der Waals surface area (Å²) >= 11 is 0. The summed E-state index contributed by atoms with van der Waals surface area (Å²) in [6.07, 6.45) is 8.32. The molecular weight excluding hydrogens is 274 g/mol. The van der Waals surface area contributed by atoms with E-state index in [1.165, 1.54) is 0 Å². The van der Waals surface area contributed by atoms with Crippen molar-refractivity contribution in [3.8, 4) is 6.07 Å². The minimum absolute atomic E-state index is 0.0508. The van der Waals surface area contributed by atoms with Crippen LogP contribution in [0.4, 0.5) is 0 Å². The largest absolute Gasteiger partial charge is 0.548 e. The van der Waals surface area contributed by atoms with E-state index in [4.69, 9.17) is 4.43 Å². The Morgan fingerprint density at radius 1 is 1.43 bits per heavy atom. The second-order valence-corrected chi connectivity index (χ2v) is 12.5. The van der Waals surface area contributed by atoms with E-state index in [0.29, 0.717) is 11.8 Å². The van der Waals surface area contributed by atoms with Crippen LogP contribution in [0.15, 0.2) is 24.5 Å². The van der Waals surface area contributed by atoms with E-state index in [2.05, 4.69) is 58.3 Å². The Balaban J connectivity index is 2.40. The lowest BCUT2D eigenvalue weighted by atomic mass is 9.49. The Bertz CT molecular complexity index is 498. The monoisotopic (exact) mass is 303 g/mol. The van der Waals surface area contributed by atoms with Crippen LogP contribution in [0.3, 0.4) is 0 Å². The van der Waals surface area contributed by atoms with Gasteiger partial charge in [0.1, 0.15) is 0 Å². The summed E-state index contributed by atoms with van der Waals surface area (Å²) < 4.78 is 6.21. The second kappa shape index (κ2) is 5.32. The average molecular weight is 304 g/mol. The Kier molecular flexibility index (Phi) is 4.14. The van der Waals surface area contributed by atoms with Crippen molar-refractivity contribution in [1.82, 2.24) is 0 Å². The molecule has 0 radical (unpaired) electrons. The lowest BCUT2D eigenvalue weighted by Gasteiger charge is -2.53. The number of hydrogen-bond acceptors (Lipinski definition) is 2. The molecule has 1 saturated carbocycles. The summed E-state index contributed by atoms with van der Waals surface area (Å²) in [6, 6.07) is 2.66. The fourth-order valence-corrected chi connectivity index (χ4v) is 5.16. The fourth-order valence-electron chi connectivity index (χ4n) is 4.21. The van der Waals surface area contributed by atoms with Crippen LogP contribution in [0, 0.1) is 34.0 Å². The molecule has 2 aliphatic carbocycles. The van der Waals surface area contributed by atoms with Crippen LogP contribution in [-0.2, 0) is 4.43 Å². The van der Waals surface area contributed by atoms with Gasteiger partial charge in [0.05, 0.1) is 17.2 Å². The highest BCUT2D eigenvalue weighted by molar-refractivity contribution is 6.70. The van der Waals surface area contributed by atoms with Crippen LogP contribution in [0.2, 0.25) is 19.6 Å². The zero-order valence-electron chi connectivity index (χ0n) is 14.2. The SMILES string of the molecule is C=C[C@@]1(C)[C@H](C)CC[C@@]2(C#N)C=C(O[Si](C)(C)C)CC[C@H]12. The Morgan fingerprint density at radius 2 is 2.10 bits per heavy atom. The van der Waals surface area contributed by atoms with Gasteiger partial charge in [0.15, 0.2) is 0 Å². The first-order valence-corrected chi connectivity index (χ1v) is 11.5. The molecule has 0 aromatic carbocycles. The molecule has 0 unspecified atom stereocenters. The third-order valence-electron chi connectivity index (χ3n) is 5.61. The van der Waals surface area contributed by atoms with Crippen LogP contribution in [0.1, 0.15) is 39.5 Å². The van der Waals surface area contributed by atoms with Crippen LogP contribution in [0.5, 0.6) is 0 Å². The molecule has 3 heteroatoms. The first-order valence-electron chi connectivity index (χ1n) is 8.12.